The first-order chi connectivity index (χ1) is 5.57. The molecule has 0 fully saturated rings. The van der Waals surface area contributed by atoms with Gasteiger partial charge in [0.05, 0.1) is 9.13 Å². The Labute approximate surface area is 89.4 Å². The molecule has 0 aromatic heterocycles. The van der Waals surface area contributed by atoms with Gasteiger partial charge in [0.1, 0.15) is 0 Å². The quantitative estimate of drug-likeness (QED) is 0.330. The number of benzene rings is 1. The lowest BCUT2D eigenvalue weighted by Gasteiger charge is -2.01. The molecule has 0 aliphatic heterocycles. The molecule has 0 bridgehead atoms. The van der Waals surface area contributed by atoms with Crippen LogP contribution < -0.4 is 0 Å². The maximum Gasteiger partial charge on any atom is 0.174 e. The van der Waals surface area contributed by atoms with Gasteiger partial charge in [0.25, 0.3) is 0 Å². The number of aldehydes is 1. The van der Waals surface area contributed by atoms with Gasteiger partial charge < -0.3 is 0 Å². The summed E-state index contributed by atoms with van der Waals surface area (Å²) in [6.07, 6.45) is 0.277. The molecule has 1 aromatic rings. The normalized spacial score (nSPS) is 10.0. The fraction of sp³-hybridized carbons (Fsp3) is 0. The molecule has 0 N–H and O–H groups in total. The van der Waals surface area contributed by atoms with Gasteiger partial charge in [0, 0.05) is 4.47 Å². The molecule has 0 aliphatic carbocycles. The van der Waals surface area contributed by atoms with Gasteiger partial charge in [-0.05, 0) is 44.6 Å². The minimum Gasteiger partial charge on any atom is -0.298 e. The van der Waals surface area contributed by atoms with Crippen LogP contribution in [0.15, 0.2) is 10.5 Å². The number of carbonyl (C=O) groups is 1. The minimum atomic E-state index is -1.10. The van der Waals surface area contributed by atoms with E-state index in [1.807, 2.05) is 0 Å². The summed E-state index contributed by atoms with van der Waals surface area (Å²) in [6, 6.07) is 1.24. The van der Waals surface area contributed by atoms with Crippen LogP contribution in [-0.2, 0) is 0 Å². The molecule has 64 valence electrons. The summed E-state index contributed by atoms with van der Waals surface area (Å²) in [5.74, 6) is -2.09. The molecule has 1 rings (SSSR count). The van der Waals surface area contributed by atoms with E-state index in [0.717, 1.165) is 0 Å². The fourth-order valence-corrected chi connectivity index (χ4v) is 1.49. The maximum atomic E-state index is 12.9. The van der Waals surface area contributed by atoms with Crippen LogP contribution in [0.3, 0.4) is 0 Å². The molecule has 0 amide bonds. The van der Waals surface area contributed by atoms with E-state index in [-0.39, 0.29) is 15.4 Å². The Morgan fingerprint density at radius 1 is 1.42 bits per heavy atom. The smallest absolute Gasteiger partial charge is 0.174 e. The zero-order valence-corrected chi connectivity index (χ0v) is 9.32. The summed E-state index contributed by atoms with van der Waals surface area (Å²) in [6.45, 7) is 0. The predicted molar refractivity (Wildman–Crippen MR) is 52.2 cm³/mol. The lowest BCUT2D eigenvalue weighted by molar-refractivity contribution is 0.111. The second-order valence-electron chi connectivity index (χ2n) is 2.01. The van der Waals surface area contributed by atoms with Crippen LogP contribution in [0, 0.1) is 15.2 Å². The van der Waals surface area contributed by atoms with E-state index in [9.17, 15) is 13.6 Å². The number of hydrogen-bond acceptors (Lipinski definition) is 1. The van der Waals surface area contributed by atoms with Gasteiger partial charge in [0.15, 0.2) is 17.9 Å². The van der Waals surface area contributed by atoms with Crippen molar-refractivity contribution in [3.05, 3.63) is 31.3 Å². The molecule has 0 radical (unpaired) electrons. The molecular weight excluding hydrogens is 345 g/mol. The summed E-state index contributed by atoms with van der Waals surface area (Å²) in [5.41, 5.74) is -0.278. The number of rotatable bonds is 1. The van der Waals surface area contributed by atoms with Crippen LogP contribution in [0.2, 0.25) is 0 Å². The molecule has 0 atom stereocenters. The highest BCUT2D eigenvalue weighted by molar-refractivity contribution is 14.1. The molecule has 0 aliphatic rings. The molecule has 5 heteroatoms. The van der Waals surface area contributed by atoms with Crippen molar-refractivity contribution in [3.63, 3.8) is 0 Å². The van der Waals surface area contributed by atoms with Crippen LogP contribution in [0.5, 0.6) is 0 Å². The summed E-state index contributed by atoms with van der Waals surface area (Å²) in [4.78, 5) is 10.2. The molecule has 0 saturated heterocycles. The van der Waals surface area contributed by atoms with Crippen molar-refractivity contribution in [3.8, 4) is 0 Å². The maximum absolute atomic E-state index is 12.9. The summed E-state index contributed by atoms with van der Waals surface area (Å²) < 4.78 is 26.2. The van der Waals surface area contributed by atoms with Gasteiger partial charge in [-0.3, -0.25) is 4.79 Å². The monoisotopic (exact) mass is 346 g/mol. The molecular formula is C7H2BrF2IO. The molecule has 12 heavy (non-hydrogen) atoms. The van der Waals surface area contributed by atoms with E-state index in [2.05, 4.69) is 15.9 Å². The van der Waals surface area contributed by atoms with E-state index in [0.29, 0.717) is 4.47 Å². The van der Waals surface area contributed by atoms with Gasteiger partial charge >= 0.3 is 0 Å². The molecule has 0 saturated carbocycles. The van der Waals surface area contributed by atoms with Crippen LogP contribution in [0.1, 0.15) is 10.4 Å². The summed E-state index contributed by atoms with van der Waals surface area (Å²) in [5, 5.41) is 0. The average molecular weight is 347 g/mol. The topological polar surface area (TPSA) is 17.1 Å². The van der Waals surface area contributed by atoms with Crippen molar-refractivity contribution in [2.45, 2.75) is 0 Å². The second kappa shape index (κ2) is 3.78. The first-order valence-corrected chi connectivity index (χ1v) is 4.73. The van der Waals surface area contributed by atoms with Gasteiger partial charge in [0.2, 0.25) is 0 Å². The molecule has 1 nitrogen and oxygen atoms in total. The van der Waals surface area contributed by atoms with Crippen molar-refractivity contribution in [1.82, 2.24) is 0 Å². The Morgan fingerprint density at radius 2 is 2.00 bits per heavy atom. The highest BCUT2D eigenvalue weighted by atomic mass is 127. The Kier molecular flexibility index (Phi) is 3.16. The van der Waals surface area contributed by atoms with Crippen LogP contribution >= 0.6 is 38.5 Å². The SMILES string of the molecule is O=Cc1cc(Br)c(I)c(F)c1F. The Hall–Kier alpha value is -0.0400. The van der Waals surface area contributed by atoms with Gasteiger partial charge in [-0.15, -0.1) is 0 Å². The van der Waals surface area contributed by atoms with Crippen LogP contribution in [-0.4, -0.2) is 6.29 Å². The third-order valence-corrected chi connectivity index (χ3v) is 3.68. The highest BCUT2D eigenvalue weighted by Crippen LogP contribution is 2.25. The van der Waals surface area contributed by atoms with E-state index in [4.69, 9.17) is 0 Å². The minimum absolute atomic E-state index is 0.135. The van der Waals surface area contributed by atoms with Crippen molar-refractivity contribution in [1.29, 1.82) is 0 Å². The van der Waals surface area contributed by atoms with Crippen molar-refractivity contribution >= 4 is 44.8 Å². The van der Waals surface area contributed by atoms with Crippen molar-refractivity contribution in [2.75, 3.05) is 0 Å². The van der Waals surface area contributed by atoms with Gasteiger partial charge in [-0.2, -0.15) is 0 Å². The number of halogens is 4. The number of hydrogen-bond donors (Lipinski definition) is 0. The van der Waals surface area contributed by atoms with Crippen LogP contribution in [0.25, 0.3) is 0 Å². The van der Waals surface area contributed by atoms with E-state index in [1.165, 1.54) is 6.07 Å². The van der Waals surface area contributed by atoms with Crippen molar-refractivity contribution in [2.24, 2.45) is 0 Å². The largest absolute Gasteiger partial charge is 0.298 e. The van der Waals surface area contributed by atoms with E-state index >= 15 is 0 Å². The fourth-order valence-electron chi connectivity index (χ4n) is 0.677. The average Bonchev–Trinajstić information content (AvgIpc) is 2.08. The first-order valence-electron chi connectivity index (χ1n) is 2.86. The van der Waals surface area contributed by atoms with Crippen LogP contribution in [0.4, 0.5) is 8.78 Å². The van der Waals surface area contributed by atoms with Gasteiger partial charge in [-0.1, -0.05) is 0 Å². The molecule has 0 heterocycles. The molecule has 0 unspecified atom stereocenters. The third-order valence-electron chi connectivity index (χ3n) is 1.26. The lowest BCUT2D eigenvalue weighted by Crippen LogP contribution is -1.96. The summed E-state index contributed by atoms with van der Waals surface area (Å²) in [7, 11) is 0. The Morgan fingerprint density at radius 3 is 2.50 bits per heavy atom. The van der Waals surface area contributed by atoms with E-state index in [1.54, 1.807) is 22.6 Å². The first kappa shape index (κ1) is 10.0. The zero-order chi connectivity index (χ0) is 9.30. The standard InChI is InChI=1S/C7H2BrF2IO/c8-4-1-3(2-12)5(9)6(10)7(4)11/h1-2H. The lowest BCUT2D eigenvalue weighted by atomic mass is 10.2. The summed E-state index contributed by atoms with van der Waals surface area (Å²) >= 11 is 4.65. The molecule has 1 aromatic carbocycles. The zero-order valence-electron chi connectivity index (χ0n) is 5.57. The Bertz CT molecular complexity index is 341. The Balaban J connectivity index is 3.49. The highest BCUT2D eigenvalue weighted by Gasteiger charge is 2.14. The van der Waals surface area contributed by atoms with E-state index < -0.39 is 11.6 Å². The van der Waals surface area contributed by atoms with Gasteiger partial charge in [-0.25, -0.2) is 8.78 Å². The second-order valence-corrected chi connectivity index (χ2v) is 3.94. The number of carbonyl (C=O) groups excluding carboxylic acids is 1. The molecule has 0 spiro atoms. The predicted octanol–water partition coefficient (Wildman–Crippen LogP) is 3.14. The third kappa shape index (κ3) is 1.66. The van der Waals surface area contributed by atoms with Crippen molar-refractivity contribution < 1.29 is 13.6 Å².